The summed E-state index contributed by atoms with van der Waals surface area (Å²) in [6.45, 7) is 9.32. The maximum atomic E-state index is 14.6. The number of para-hydroxylation sites is 1. The number of aryl methyl sites for hydroxylation is 2. The lowest BCUT2D eigenvalue weighted by atomic mass is 9.78. The summed E-state index contributed by atoms with van der Waals surface area (Å²) in [4.78, 5) is 48.0. The standard InChI is InChI=1S/C29H37N3O4S/c1-5-14-30-15-8-12-21-22(26(30)34)23-27(35)32(20(6-2)17-33)25-28(36)31(16-9-13-29(23,25)37-21)24-18(3)10-7-11-19(24)4/h7-13,20-23,25,33H,5-6,14-17H2,1-4H3/t20-,21+,22-,23-,25?,29-/m0/s1. The van der Waals surface area contributed by atoms with E-state index in [0.717, 1.165) is 23.2 Å². The number of amides is 3. The van der Waals surface area contributed by atoms with E-state index in [0.29, 0.717) is 26.1 Å². The van der Waals surface area contributed by atoms with E-state index in [-0.39, 0.29) is 29.6 Å². The number of hydrogen-bond acceptors (Lipinski definition) is 5. The van der Waals surface area contributed by atoms with Crippen LogP contribution in [0.3, 0.4) is 0 Å². The predicted molar refractivity (Wildman–Crippen MR) is 146 cm³/mol. The Morgan fingerprint density at radius 1 is 1.05 bits per heavy atom. The number of aliphatic hydroxyl groups excluding tert-OH is 1. The highest BCUT2D eigenvalue weighted by atomic mass is 32.2. The van der Waals surface area contributed by atoms with E-state index in [1.54, 1.807) is 21.6 Å². The van der Waals surface area contributed by atoms with Crippen LogP contribution < -0.4 is 4.90 Å². The zero-order chi connectivity index (χ0) is 26.5. The molecule has 2 saturated heterocycles. The van der Waals surface area contributed by atoms with Gasteiger partial charge in [-0.15, -0.1) is 11.8 Å². The summed E-state index contributed by atoms with van der Waals surface area (Å²) >= 11 is 1.59. The summed E-state index contributed by atoms with van der Waals surface area (Å²) in [6, 6.07) is 4.69. The fourth-order valence-corrected chi connectivity index (χ4v) is 8.83. The van der Waals surface area contributed by atoms with Crippen LogP contribution in [0.25, 0.3) is 0 Å². The molecule has 0 bridgehead atoms. The maximum Gasteiger partial charge on any atom is 0.251 e. The van der Waals surface area contributed by atoms with E-state index in [1.165, 1.54) is 0 Å². The van der Waals surface area contributed by atoms with Gasteiger partial charge in [0.15, 0.2) is 0 Å². The SMILES string of the molecule is CCCN1CC=C[C@H]2S[C@]34C=CCN(c5c(C)cccc5C)C(=O)C3N([C@@H](CC)CO)C(=O)[C@@H]4[C@H]2C1=O. The molecule has 1 unspecified atom stereocenters. The fourth-order valence-electron chi connectivity index (χ4n) is 6.84. The van der Waals surface area contributed by atoms with Gasteiger partial charge in [-0.05, 0) is 37.8 Å². The largest absolute Gasteiger partial charge is 0.394 e. The molecule has 1 aromatic rings. The van der Waals surface area contributed by atoms with Crippen LogP contribution in [0.15, 0.2) is 42.5 Å². The molecular formula is C29H37N3O4S. The van der Waals surface area contributed by atoms with Crippen molar-refractivity contribution in [1.82, 2.24) is 9.80 Å². The maximum absolute atomic E-state index is 14.6. The first-order valence-electron chi connectivity index (χ1n) is 13.4. The molecule has 37 heavy (non-hydrogen) atoms. The highest BCUT2D eigenvalue weighted by Crippen LogP contribution is 2.61. The van der Waals surface area contributed by atoms with Gasteiger partial charge in [0.05, 0.1) is 29.2 Å². The van der Waals surface area contributed by atoms with Crippen LogP contribution >= 0.6 is 11.8 Å². The highest BCUT2D eigenvalue weighted by Gasteiger charge is 2.71. The Balaban J connectivity index is 1.66. The number of benzene rings is 1. The van der Waals surface area contributed by atoms with Gasteiger partial charge in [0.2, 0.25) is 11.8 Å². The third kappa shape index (κ3) is 3.86. The number of anilines is 1. The molecule has 198 valence electrons. The Labute approximate surface area is 223 Å². The van der Waals surface area contributed by atoms with Crippen LogP contribution in [0, 0.1) is 25.7 Å². The molecule has 1 spiro atoms. The second-order valence-electron chi connectivity index (χ2n) is 10.6. The highest BCUT2D eigenvalue weighted by molar-refractivity contribution is 8.02. The van der Waals surface area contributed by atoms with Gasteiger partial charge in [-0.2, -0.15) is 0 Å². The number of thioether (sulfide) groups is 1. The zero-order valence-electron chi connectivity index (χ0n) is 22.1. The number of aliphatic hydroxyl groups is 1. The van der Waals surface area contributed by atoms with Crippen LogP contribution in [-0.4, -0.2) is 80.9 Å². The molecule has 0 aliphatic carbocycles. The van der Waals surface area contributed by atoms with Crippen molar-refractivity contribution in [3.8, 4) is 0 Å². The molecule has 0 aromatic heterocycles. The fraction of sp³-hybridized carbons (Fsp3) is 0.552. The number of likely N-dealkylation sites (tertiary alicyclic amines) is 1. The lowest BCUT2D eigenvalue weighted by Crippen LogP contribution is -2.56. The molecular weight excluding hydrogens is 486 g/mol. The van der Waals surface area contributed by atoms with E-state index in [2.05, 4.69) is 6.08 Å². The number of carbonyl (C=O) groups excluding carboxylic acids is 3. The lowest BCUT2D eigenvalue weighted by molar-refractivity contribution is -0.144. The minimum Gasteiger partial charge on any atom is -0.394 e. The van der Waals surface area contributed by atoms with E-state index >= 15 is 0 Å². The molecule has 7 nitrogen and oxygen atoms in total. The molecule has 3 amide bonds. The lowest BCUT2D eigenvalue weighted by Gasteiger charge is -2.38. The Morgan fingerprint density at radius 3 is 2.43 bits per heavy atom. The van der Waals surface area contributed by atoms with E-state index in [1.807, 2.05) is 69.0 Å². The molecule has 1 aromatic carbocycles. The van der Waals surface area contributed by atoms with Gasteiger partial charge in [-0.3, -0.25) is 14.4 Å². The monoisotopic (exact) mass is 523 g/mol. The quantitative estimate of drug-likeness (QED) is 0.580. The Kier molecular flexibility index (Phi) is 7.00. The van der Waals surface area contributed by atoms with Crippen molar-refractivity contribution in [1.29, 1.82) is 0 Å². The van der Waals surface area contributed by atoms with Crippen molar-refractivity contribution < 1.29 is 19.5 Å². The summed E-state index contributed by atoms with van der Waals surface area (Å²) in [5.41, 5.74) is 2.86. The molecule has 4 heterocycles. The van der Waals surface area contributed by atoms with Crippen molar-refractivity contribution in [2.75, 3.05) is 31.1 Å². The third-order valence-electron chi connectivity index (χ3n) is 8.46. The van der Waals surface area contributed by atoms with Crippen LogP contribution in [0.5, 0.6) is 0 Å². The van der Waals surface area contributed by atoms with Crippen molar-refractivity contribution in [3.63, 3.8) is 0 Å². The minimum atomic E-state index is -0.868. The van der Waals surface area contributed by atoms with Crippen LogP contribution in [-0.2, 0) is 14.4 Å². The molecule has 6 atom stereocenters. The van der Waals surface area contributed by atoms with Crippen molar-refractivity contribution in [2.45, 2.75) is 62.6 Å². The molecule has 0 radical (unpaired) electrons. The summed E-state index contributed by atoms with van der Waals surface area (Å²) in [7, 11) is 0. The van der Waals surface area contributed by atoms with Crippen molar-refractivity contribution in [2.24, 2.45) is 11.8 Å². The van der Waals surface area contributed by atoms with Gasteiger partial charge >= 0.3 is 0 Å². The zero-order valence-corrected chi connectivity index (χ0v) is 22.9. The predicted octanol–water partition coefficient (Wildman–Crippen LogP) is 3.08. The first kappa shape index (κ1) is 26.0. The van der Waals surface area contributed by atoms with Gasteiger partial charge in [0.1, 0.15) is 6.04 Å². The number of nitrogens with zero attached hydrogens (tertiary/aromatic N) is 3. The first-order chi connectivity index (χ1) is 17.8. The summed E-state index contributed by atoms with van der Waals surface area (Å²) in [6.07, 6.45) is 9.52. The smallest absolute Gasteiger partial charge is 0.251 e. The normalized spacial score (nSPS) is 31.8. The van der Waals surface area contributed by atoms with E-state index in [9.17, 15) is 19.5 Å². The number of hydrogen-bond donors (Lipinski definition) is 1. The summed E-state index contributed by atoms with van der Waals surface area (Å²) < 4.78 is -0.868. The molecule has 1 N–H and O–H groups in total. The van der Waals surface area contributed by atoms with Gasteiger partial charge < -0.3 is 19.8 Å². The second-order valence-corrected chi connectivity index (χ2v) is 12.1. The molecule has 4 aliphatic rings. The minimum absolute atomic E-state index is 0.00563. The van der Waals surface area contributed by atoms with Gasteiger partial charge in [0.25, 0.3) is 5.91 Å². The van der Waals surface area contributed by atoms with Crippen molar-refractivity contribution >= 4 is 35.2 Å². The number of carbonyl (C=O) groups is 3. The van der Waals surface area contributed by atoms with E-state index in [4.69, 9.17) is 0 Å². The van der Waals surface area contributed by atoms with Gasteiger partial charge in [0, 0.05) is 30.6 Å². The Hall–Kier alpha value is -2.58. The van der Waals surface area contributed by atoms with E-state index < -0.39 is 28.7 Å². The number of fused-ring (bicyclic) bond motifs is 2. The van der Waals surface area contributed by atoms with Gasteiger partial charge in [-0.25, -0.2) is 0 Å². The van der Waals surface area contributed by atoms with Crippen LogP contribution in [0.4, 0.5) is 5.69 Å². The summed E-state index contributed by atoms with van der Waals surface area (Å²) in [5.74, 6) is -1.52. The Bertz CT molecular complexity index is 1140. The van der Waals surface area contributed by atoms with Gasteiger partial charge in [-0.1, -0.05) is 56.4 Å². The topological polar surface area (TPSA) is 81.2 Å². The Morgan fingerprint density at radius 2 is 1.78 bits per heavy atom. The van der Waals surface area contributed by atoms with Crippen molar-refractivity contribution in [3.05, 3.63) is 53.6 Å². The first-order valence-corrected chi connectivity index (χ1v) is 14.3. The number of rotatable bonds is 6. The second kappa shape index (κ2) is 9.95. The average Bonchev–Trinajstić information content (AvgIpc) is 3.19. The van der Waals surface area contributed by atoms with Crippen LogP contribution in [0.1, 0.15) is 37.8 Å². The average molecular weight is 524 g/mol. The molecule has 5 rings (SSSR count). The van der Waals surface area contributed by atoms with Crippen LogP contribution in [0.2, 0.25) is 0 Å². The summed E-state index contributed by atoms with van der Waals surface area (Å²) in [5, 5.41) is 10.1. The molecule has 4 aliphatic heterocycles. The molecule has 8 heteroatoms. The molecule has 0 saturated carbocycles. The molecule has 2 fully saturated rings. The third-order valence-corrected chi connectivity index (χ3v) is 10.2.